The largest absolute Gasteiger partial charge is 0.381 e. The van der Waals surface area contributed by atoms with Crippen LogP contribution in [0, 0.1) is 22.7 Å². The molecule has 1 aromatic heterocycles. The number of aromatic nitrogens is 1. The van der Waals surface area contributed by atoms with Crippen LogP contribution in [-0.4, -0.2) is 55.2 Å². The fourth-order valence-corrected chi connectivity index (χ4v) is 4.60. The lowest BCUT2D eigenvalue weighted by atomic mass is 9.73. The predicted octanol–water partition coefficient (Wildman–Crippen LogP) is 1.97. The highest BCUT2D eigenvalue weighted by Crippen LogP contribution is 2.45. The molecule has 2 unspecified atom stereocenters. The summed E-state index contributed by atoms with van der Waals surface area (Å²) in [6.45, 7) is 6.14. The van der Waals surface area contributed by atoms with Crippen LogP contribution in [0.5, 0.6) is 0 Å². The summed E-state index contributed by atoms with van der Waals surface area (Å²) in [5.74, 6) is 1.07. The van der Waals surface area contributed by atoms with Crippen molar-refractivity contribution < 1.29 is 9.53 Å². The smallest absolute Gasteiger partial charge is 0.231 e. The molecule has 6 nitrogen and oxygen atoms in total. The van der Waals surface area contributed by atoms with Gasteiger partial charge in [-0.25, -0.2) is 4.98 Å². The van der Waals surface area contributed by atoms with Gasteiger partial charge < -0.3 is 14.5 Å². The summed E-state index contributed by atoms with van der Waals surface area (Å²) in [6.07, 6.45) is 5.59. The quantitative estimate of drug-likeness (QED) is 0.761. The van der Waals surface area contributed by atoms with E-state index in [1.165, 1.54) is 5.57 Å². The Kier molecular flexibility index (Phi) is 4.41. The summed E-state index contributed by atoms with van der Waals surface area (Å²) in [4.78, 5) is 22.1. The average molecular weight is 352 g/mol. The molecule has 0 bridgehead atoms. The van der Waals surface area contributed by atoms with Crippen LogP contribution in [-0.2, 0) is 9.53 Å². The molecule has 2 saturated heterocycles. The molecule has 1 amide bonds. The fourth-order valence-electron chi connectivity index (χ4n) is 4.60. The molecule has 136 valence electrons. The number of carbonyl (C=O) groups is 1. The van der Waals surface area contributed by atoms with Crippen LogP contribution >= 0.6 is 0 Å². The molecule has 2 fully saturated rings. The third-order valence-corrected chi connectivity index (χ3v) is 5.96. The molecule has 3 aliphatic rings. The van der Waals surface area contributed by atoms with Gasteiger partial charge in [-0.3, -0.25) is 4.79 Å². The van der Waals surface area contributed by atoms with Crippen LogP contribution in [0.3, 0.4) is 0 Å². The number of rotatable bonds is 2. The summed E-state index contributed by atoms with van der Waals surface area (Å²) in [7, 11) is 0. The number of pyridine rings is 1. The highest BCUT2D eigenvalue weighted by Gasteiger charge is 2.55. The molecule has 4 rings (SSSR count). The maximum atomic E-state index is 13.6. The highest BCUT2D eigenvalue weighted by molar-refractivity contribution is 5.85. The number of ether oxygens (including phenoxy) is 1. The summed E-state index contributed by atoms with van der Waals surface area (Å²) in [5, 5.41) is 9.42. The minimum absolute atomic E-state index is 0.142. The van der Waals surface area contributed by atoms with Gasteiger partial charge in [0.1, 0.15) is 11.9 Å². The van der Waals surface area contributed by atoms with Gasteiger partial charge in [0.2, 0.25) is 5.91 Å². The Bertz CT molecular complexity index is 784. The molecule has 0 radical (unpaired) electrons. The van der Waals surface area contributed by atoms with Crippen LogP contribution < -0.4 is 4.90 Å². The van der Waals surface area contributed by atoms with E-state index in [4.69, 9.17) is 4.74 Å². The Hall–Kier alpha value is -2.39. The Labute approximate surface area is 154 Å². The monoisotopic (exact) mass is 352 g/mol. The fraction of sp³-hybridized carbons (Fsp3) is 0.550. The molecule has 4 heterocycles. The van der Waals surface area contributed by atoms with Crippen LogP contribution in [0.15, 0.2) is 30.0 Å². The zero-order valence-corrected chi connectivity index (χ0v) is 15.1. The van der Waals surface area contributed by atoms with Crippen LogP contribution in [0.1, 0.15) is 25.3 Å². The summed E-state index contributed by atoms with van der Waals surface area (Å²) >= 11 is 0. The van der Waals surface area contributed by atoms with Gasteiger partial charge in [-0.15, -0.1) is 0 Å². The van der Waals surface area contributed by atoms with E-state index in [1.807, 2.05) is 4.90 Å². The number of anilines is 1. The van der Waals surface area contributed by atoms with Crippen molar-refractivity contribution in [1.29, 1.82) is 5.26 Å². The zero-order chi connectivity index (χ0) is 18.1. The first-order valence-corrected chi connectivity index (χ1v) is 9.27. The zero-order valence-electron chi connectivity index (χ0n) is 15.1. The standard InChI is InChI=1S/C20H24N4O2/c1-15-4-3-8-23(11-15)19(25)20-6-9-26-13-17(20)12-24(14-20)18-16(10-21)5-2-7-22-18/h2,4-5,7,17H,3,6,8-9,11-14H2,1H3. The van der Waals surface area contributed by atoms with Crippen molar-refractivity contribution in [3.8, 4) is 6.07 Å². The van der Waals surface area contributed by atoms with Crippen molar-refractivity contribution >= 4 is 11.7 Å². The SMILES string of the molecule is CC1=CCCN(C(=O)C23CCOCC2CN(c2ncccc2C#N)C3)C1. The molecular weight excluding hydrogens is 328 g/mol. The second-order valence-corrected chi connectivity index (χ2v) is 7.61. The molecule has 0 saturated carbocycles. The highest BCUT2D eigenvalue weighted by atomic mass is 16.5. The lowest BCUT2D eigenvalue weighted by molar-refractivity contribution is -0.150. The van der Waals surface area contributed by atoms with Gasteiger partial charge >= 0.3 is 0 Å². The second-order valence-electron chi connectivity index (χ2n) is 7.61. The number of fused-ring (bicyclic) bond motifs is 1. The molecule has 0 N–H and O–H groups in total. The van der Waals surface area contributed by atoms with Gasteiger partial charge in [0.25, 0.3) is 0 Å². The van der Waals surface area contributed by atoms with Gasteiger partial charge in [0.05, 0.1) is 17.6 Å². The number of nitrogens with zero attached hydrogens (tertiary/aromatic N) is 4. The third-order valence-electron chi connectivity index (χ3n) is 5.96. The topological polar surface area (TPSA) is 69.5 Å². The van der Waals surface area contributed by atoms with E-state index >= 15 is 0 Å². The molecule has 3 aliphatic heterocycles. The lowest BCUT2D eigenvalue weighted by Crippen LogP contribution is -2.53. The van der Waals surface area contributed by atoms with Crippen molar-refractivity contribution in [2.75, 3.05) is 44.3 Å². The molecule has 0 aromatic carbocycles. The number of hydrogen-bond donors (Lipinski definition) is 0. The van der Waals surface area contributed by atoms with Gasteiger partial charge in [0, 0.05) is 44.9 Å². The number of amides is 1. The van der Waals surface area contributed by atoms with E-state index in [2.05, 4.69) is 29.0 Å². The lowest BCUT2D eigenvalue weighted by Gasteiger charge is -2.41. The van der Waals surface area contributed by atoms with E-state index < -0.39 is 5.41 Å². The van der Waals surface area contributed by atoms with Gasteiger partial charge in [0.15, 0.2) is 0 Å². The van der Waals surface area contributed by atoms with Gasteiger partial charge in [-0.05, 0) is 31.9 Å². The van der Waals surface area contributed by atoms with E-state index in [0.717, 1.165) is 25.9 Å². The van der Waals surface area contributed by atoms with E-state index in [0.29, 0.717) is 37.7 Å². The van der Waals surface area contributed by atoms with E-state index in [1.54, 1.807) is 18.3 Å². The molecule has 0 spiro atoms. The Morgan fingerprint density at radius 3 is 3.19 bits per heavy atom. The van der Waals surface area contributed by atoms with Crippen LogP contribution in [0.2, 0.25) is 0 Å². The molecule has 1 aromatic rings. The average Bonchev–Trinajstić information content (AvgIpc) is 3.08. The second kappa shape index (κ2) is 6.73. The van der Waals surface area contributed by atoms with Crippen LogP contribution in [0.25, 0.3) is 0 Å². The first-order valence-electron chi connectivity index (χ1n) is 9.27. The Morgan fingerprint density at radius 2 is 2.38 bits per heavy atom. The van der Waals surface area contributed by atoms with E-state index in [9.17, 15) is 10.1 Å². The summed E-state index contributed by atoms with van der Waals surface area (Å²) < 4.78 is 5.71. The number of hydrogen-bond acceptors (Lipinski definition) is 5. The first-order chi connectivity index (χ1) is 12.6. The summed E-state index contributed by atoms with van der Waals surface area (Å²) in [5.41, 5.74) is 1.39. The number of nitriles is 1. The van der Waals surface area contributed by atoms with Crippen molar-refractivity contribution in [2.45, 2.75) is 19.8 Å². The van der Waals surface area contributed by atoms with Crippen molar-refractivity contribution in [3.05, 3.63) is 35.5 Å². The number of carbonyl (C=O) groups excluding carboxylic acids is 1. The molecular formula is C20H24N4O2. The van der Waals surface area contributed by atoms with E-state index in [-0.39, 0.29) is 11.8 Å². The Morgan fingerprint density at radius 1 is 1.50 bits per heavy atom. The maximum absolute atomic E-state index is 13.6. The van der Waals surface area contributed by atoms with Gasteiger partial charge in [-0.2, -0.15) is 5.26 Å². The molecule has 6 heteroatoms. The minimum Gasteiger partial charge on any atom is -0.381 e. The van der Waals surface area contributed by atoms with Crippen molar-refractivity contribution in [1.82, 2.24) is 9.88 Å². The Balaban J connectivity index is 1.64. The van der Waals surface area contributed by atoms with Crippen LogP contribution in [0.4, 0.5) is 5.82 Å². The first kappa shape index (κ1) is 17.0. The third kappa shape index (κ3) is 2.77. The molecule has 2 atom stereocenters. The van der Waals surface area contributed by atoms with Crippen molar-refractivity contribution in [2.24, 2.45) is 11.3 Å². The predicted molar refractivity (Wildman–Crippen MR) is 97.5 cm³/mol. The molecule has 0 aliphatic carbocycles. The maximum Gasteiger partial charge on any atom is 0.231 e. The van der Waals surface area contributed by atoms with Gasteiger partial charge in [-0.1, -0.05) is 11.6 Å². The normalized spacial score (nSPS) is 28.3. The van der Waals surface area contributed by atoms with Crippen molar-refractivity contribution in [3.63, 3.8) is 0 Å². The minimum atomic E-state index is -0.430. The molecule has 26 heavy (non-hydrogen) atoms. The summed E-state index contributed by atoms with van der Waals surface area (Å²) in [6, 6.07) is 5.79.